The fourth-order valence-corrected chi connectivity index (χ4v) is 1.50. The molecule has 18 heavy (non-hydrogen) atoms. The molecular weight excluding hydrogens is 220 g/mol. The molecule has 0 radical (unpaired) electrons. The molecule has 0 atom stereocenters. The molecule has 2 nitrogen and oxygen atoms in total. The molecule has 0 fully saturated rings. The van der Waals surface area contributed by atoms with Gasteiger partial charge in [0.15, 0.2) is 0 Å². The highest BCUT2D eigenvalue weighted by Crippen LogP contribution is 1.99. The number of nitrogens with one attached hydrogen (secondary N) is 1. The molecule has 0 aliphatic heterocycles. The van der Waals surface area contributed by atoms with Crippen LogP contribution in [-0.2, 0) is 0 Å². The average molecular weight is 252 g/mol. The van der Waals surface area contributed by atoms with Crippen LogP contribution >= 0.6 is 0 Å². The zero-order valence-electron chi connectivity index (χ0n) is 12.8. The Morgan fingerprint density at radius 2 is 1.89 bits per heavy atom. The molecular formula is C16H32N2. The standard InChI is InChI=1S/C14H26N2.C2H6/c1-5-9-14(7-3)13-16(4)12-8-11-15-10-6-2;1-2/h5,7,9,15H,1,3,6,8,10-13H2,2,4H3;1-2H3/b14-9+;. The second kappa shape index (κ2) is 16.1. The SMILES string of the molecule is C=C/C=C(\C=C)CN(C)CCCNCCC.CC. The Morgan fingerprint density at radius 3 is 2.39 bits per heavy atom. The molecule has 0 rings (SSSR count). The first kappa shape index (κ1) is 19.5. The van der Waals surface area contributed by atoms with Crippen LogP contribution in [0.3, 0.4) is 0 Å². The number of hydrogen-bond acceptors (Lipinski definition) is 2. The molecule has 0 aromatic carbocycles. The normalized spacial score (nSPS) is 10.8. The van der Waals surface area contributed by atoms with Crippen molar-refractivity contribution in [2.24, 2.45) is 0 Å². The maximum Gasteiger partial charge on any atom is 0.0230 e. The van der Waals surface area contributed by atoms with Crippen molar-refractivity contribution in [3.63, 3.8) is 0 Å². The number of hydrogen-bond donors (Lipinski definition) is 1. The van der Waals surface area contributed by atoms with Crippen LogP contribution in [0.15, 0.2) is 37.0 Å². The van der Waals surface area contributed by atoms with Crippen molar-refractivity contribution >= 4 is 0 Å². The second-order valence-electron chi connectivity index (χ2n) is 4.02. The van der Waals surface area contributed by atoms with Crippen LogP contribution in [-0.4, -0.2) is 38.1 Å². The molecule has 1 N–H and O–H groups in total. The fourth-order valence-electron chi connectivity index (χ4n) is 1.50. The molecule has 106 valence electrons. The third-order valence-corrected chi connectivity index (χ3v) is 2.37. The highest BCUT2D eigenvalue weighted by Gasteiger charge is 1.99. The van der Waals surface area contributed by atoms with Gasteiger partial charge in [0.25, 0.3) is 0 Å². The third kappa shape index (κ3) is 13.2. The number of rotatable bonds is 10. The van der Waals surface area contributed by atoms with E-state index < -0.39 is 0 Å². The lowest BCUT2D eigenvalue weighted by atomic mass is 10.2. The molecule has 0 saturated carbocycles. The summed E-state index contributed by atoms with van der Waals surface area (Å²) in [6, 6.07) is 0. The molecule has 0 spiro atoms. The topological polar surface area (TPSA) is 15.3 Å². The van der Waals surface area contributed by atoms with Gasteiger partial charge >= 0.3 is 0 Å². The van der Waals surface area contributed by atoms with Crippen molar-refractivity contribution in [1.82, 2.24) is 10.2 Å². The molecule has 0 bridgehead atoms. The Hall–Kier alpha value is -0.860. The lowest BCUT2D eigenvalue weighted by Crippen LogP contribution is -2.25. The van der Waals surface area contributed by atoms with Crippen LogP contribution in [0.25, 0.3) is 0 Å². The van der Waals surface area contributed by atoms with E-state index >= 15 is 0 Å². The van der Waals surface area contributed by atoms with Gasteiger partial charge in [-0.1, -0.05) is 52.2 Å². The summed E-state index contributed by atoms with van der Waals surface area (Å²) in [6.45, 7) is 18.0. The van der Waals surface area contributed by atoms with Crippen molar-refractivity contribution in [3.05, 3.63) is 37.0 Å². The van der Waals surface area contributed by atoms with Crippen LogP contribution < -0.4 is 5.32 Å². The zero-order valence-corrected chi connectivity index (χ0v) is 12.8. The Bertz CT molecular complexity index is 219. The minimum atomic E-state index is 0.948. The smallest absolute Gasteiger partial charge is 0.0230 e. The number of nitrogens with zero attached hydrogens (tertiary/aromatic N) is 1. The van der Waals surface area contributed by atoms with Crippen LogP contribution in [0.1, 0.15) is 33.6 Å². The van der Waals surface area contributed by atoms with Crippen LogP contribution in [0.2, 0.25) is 0 Å². The first-order chi connectivity index (χ1) is 8.74. The van der Waals surface area contributed by atoms with E-state index in [9.17, 15) is 0 Å². The monoisotopic (exact) mass is 252 g/mol. The molecule has 0 saturated heterocycles. The van der Waals surface area contributed by atoms with Gasteiger partial charge in [-0.05, 0) is 45.1 Å². The van der Waals surface area contributed by atoms with Gasteiger partial charge < -0.3 is 10.2 Å². The highest BCUT2D eigenvalue weighted by molar-refractivity contribution is 5.22. The van der Waals surface area contributed by atoms with Gasteiger partial charge in [-0.15, -0.1) is 0 Å². The number of likely N-dealkylation sites (N-methyl/N-ethyl adjacent to an activating group) is 1. The minimum Gasteiger partial charge on any atom is -0.317 e. The molecule has 0 amide bonds. The van der Waals surface area contributed by atoms with E-state index in [-0.39, 0.29) is 0 Å². The van der Waals surface area contributed by atoms with Crippen molar-refractivity contribution in [2.75, 3.05) is 33.2 Å². The van der Waals surface area contributed by atoms with Gasteiger partial charge in [0.1, 0.15) is 0 Å². The predicted octanol–water partition coefficient (Wildman–Crippen LogP) is 3.63. The average Bonchev–Trinajstić information content (AvgIpc) is 2.40. The lowest BCUT2D eigenvalue weighted by molar-refractivity contribution is 0.355. The first-order valence-corrected chi connectivity index (χ1v) is 7.07. The fraction of sp³-hybridized carbons (Fsp3) is 0.625. The van der Waals surface area contributed by atoms with Gasteiger partial charge in [-0.3, -0.25) is 0 Å². The highest BCUT2D eigenvalue weighted by atomic mass is 15.1. The summed E-state index contributed by atoms with van der Waals surface area (Å²) >= 11 is 0. The maximum atomic E-state index is 3.80. The van der Waals surface area contributed by atoms with E-state index in [1.807, 2.05) is 32.1 Å². The summed E-state index contributed by atoms with van der Waals surface area (Å²) in [7, 11) is 2.14. The van der Waals surface area contributed by atoms with Gasteiger partial charge in [-0.2, -0.15) is 0 Å². The second-order valence-corrected chi connectivity index (χ2v) is 4.02. The van der Waals surface area contributed by atoms with Crippen molar-refractivity contribution in [2.45, 2.75) is 33.6 Å². The summed E-state index contributed by atoms with van der Waals surface area (Å²) in [5.41, 5.74) is 1.22. The quantitative estimate of drug-likeness (QED) is 0.472. The van der Waals surface area contributed by atoms with E-state index in [4.69, 9.17) is 0 Å². The molecule has 0 aliphatic carbocycles. The van der Waals surface area contributed by atoms with E-state index in [0.29, 0.717) is 0 Å². The molecule has 0 aliphatic rings. The summed E-state index contributed by atoms with van der Waals surface area (Å²) in [6.07, 6.45) is 8.12. The maximum absolute atomic E-state index is 3.80. The van der Waals surface area contributed by atoms with E-state index in [2.05, 4.69) is 37.3 Å². The summed E-state index contributed by atoms with van der Waals surface area (Å²) in [5.74, 6) is 0. The molecule has 0 aromatic heterocycles. The van der Waals surface area contributed by atoms with Gasteiger partial charge in [-0.25, -0.2) is 0 Å². The Morgan fingerprint density at radius 1 is 1.22 bits per heavy atom. The van der Waals surface area contributed by atoms with Crippen LogP contribution in [0.4, 0.5) is 0 Å². The first-order valence-electron chi connectivity index (χ1n) is 7.07. The van der Waals surface area contributed by atoms with Crippen molar-refractivity contribution < 1.29 is 0 Å². The predicted molar refractivity (Wildman–Crippen MR) is 85.1 cm³/mol. The zero-order chi connectivity index (χ0) is 14.2. The Kier molecular flexibility index (Phi) is 17.5. The molecule has 2 heteroatoms. The van der Waals surface area contributed by atoms with Crippen molar-refractivity contribution in [1.29, 1.82) is 0 Å². The summed E-state index contributed by atoms with van der Waals surface area (Å²) in [4.78, 5) is 2.31. The molecule has 0 aromatic rings. The summed E-state index contributed by atoms with van der Waals surface area (Å²) < 4.78 is 0. The van der Waals surface area contributed by atoms with E-state index in [1.54, 1.807) is 0 Å². The summed E-state index contributed by atoms with van der Waals surface area (Å²) in [5, 5.41) is 3.41. The molecule has 0 heterocycles. The van der Waals surface area contributed by atoms with Gasteiger partial charge in [0.05, 0.1) is 0 Å². The van der Waals surface area contributed by atoms with Gasteiger partial charge in [0, 0.05) is 6.54 Å². The van der Waals surface area contributed by atoms with E-state index in [1.165, 1.54) is 18.4 Å². The number of allylic oxidation sites excluding steroid dienone is 2. The van der Waals surface area contributed by atoms with Crippen LogP contribution in [0, 0.1) is 0 Å². The lowest BCUT2D eigenvalue weighted by Gasteiger charge is -2.17. The largest absolute Gasteiger partial charge is 0.317 e. The Labute approximate surface area is 114 Å². The van der Waals surface area contributed by atoms with Gasteiger partial charge in [0.2, 0.25) is 0 Å². The minimum absolute atomic E-state index is 0.948. The Balaban J connectivity index is 0. The van der Waals surface area contributed by atoms with Crippen LogP contribution in [0.5, 0.6) is 0 Å². The third-order valence-electron chi connectivity index (χ3n) is 2.37. The van der Waals surface area contributed by atoms with Crippen molar-refractivity contribution in [3.8, 4) is 0 Å². The van der Waals surface area contributed by atoms with E-state index in [0.717, 1.165) is 26.2 Å². The molecule has 0 unspecified atom stereocenters.